The minimum atomic E-state index is -0.364. The van der Waals surface area contributed by atoms with Crippen molar-refractivity contribution >= 4 is 52.2 Å². The third-order valence-corrected chi connectivity index (χ3v) is 6.04. The summed E-state index contributed by atoms with van der Waals surface area (Å²) < 4.78 is 5.87. The number of aryl methyl sites for hydroxylation is 1. The SMILES string of the molecule is Cc1ccc(Cl)cc1-c1ccc(/C=C2\SC(=O)N(Cc3ccccc3Cl)C2=O)o1. The predicted octanol–water partition coefficient (Wildman–Crippen LogP) is 6.80. The van der Waals surface area contributed by atoms with Crippen molar-refractivity contribution < 1.29 is 14.0 Å². The summed E-state index contributed by atoms with van der Waals surface area (Å²) in [7, 11) is 0. The first kappa shape index (κ1) is 19.8. The van der Waals surface area contributed by atoms with Gasteiger partial charge in [0.1, 0.15) is 11.5 Å². The van der Waals surface area contributed by atoms with Gasteiger partial charge in [-0.15, -0.1) is 0 Å². The molecule has 1 saturated heterocycles. The zero-order valence-electron chi connectivity index (χ0n) is 15.3. The highest BCUT2D eigenvalue weighted by Crippen LogP contribution is 2.35. The fraction of sp³-hybridized carbons (Fsp3) is 0.0909. The Hall–Kier alpha value is -2.47. The maximum atomic E-state index is 12.7. The summed E-state index contributed by atoms with van der Waals surface area (Å²) >= 11 is 13.1. The highest BCUT2D eigenvalue weighted by atomic mass is 35.5. The molecule has 7 heteroatoms. The van der Waals surface area contributed by atoms with Crippen LogP contribution >= 0.6 is 35.0 Å². The van der Waals surface area contributed by atoms with Crippen LogP contribution in [0, 0.1) is 6.92 Å². The number of furan rings is 1. The summed E-state index contributed by atoms with van der Waals surface area (Å²) in [5.74, 6) is 0.769. The number of carbonyl (C=O) groups excluding carboxylic acids is 2. The van der Waals surface area contributed by atoms with E-state index in [-0.39, 0.29) is 17.7 Å². The average Bonchev–Trinajstić information content (AvgIpc) is 3.25. The number of benzene rings is 2. The van der Waals surface area contributed by atoms with Gasteiger partial charge in [-0.25, -0.2) is 0 Å². The molecule has 0 unspecified atom stereocenters. The third kappa shape index (κ3) is 4.13. The smallest absolute Gasteiger partial charge is 0.293 e. The molecule has 0 radical (unpaired) electrons. The van der Waals surface area contributed by atoms with Gasteiger partial charge >= 0.3 is 0 Å². The van der Waals surface area contributed by atoms with Crippen LogP contribution in [0.3, 0.4) is 0 Å². The lowest BCUT2D eigenvalue weighted by Crippen LogP contribution is -2.27. The molecule has 1 aliphatic rings. The van der Waals surface area contributed by atoms with Gasteiger partial charge in [0.05, 0.1) is 11.4 Å². The van der Waals surface area contributed by atoms with Crippen molar-refractivity contribution in [2.45, 2.75) is 13.5 Å². The fourth-order valence-corrected chi connectivity index (χ4v) is 4.18. The molecule has 0 bridgehead atoms. The molecule has 1 aromatic heterocycles. The number of carbonyl (C=O) groups is 2. The Bertz CT molecular complexity index is 1150. The Kier molecular flexibility index (Phi) is 5.54. The molecule has 2 aromatic carbocycles. The average molecular weight is 444 g/mol. The van der Waals surface area contributed by atoms with Crippen molar-refractivity contribution in [1.29, 1.82) is 0 Å². The summed E-state index contributed by atoms with van der Waals surface area (Å²) in [5.41, 5.74) is 2.62. The standard InChI is InChI=1S/C22H15Cl2NO3S/c1-13-6-7-15(23)10-17(13)19-9-8-16(28-19)11-20-21(26)25(22(27)29-20)12-14-4-2-3-5-18(14)24/h2-11H,12H2,1H3/b20-11-. The Morgan fingerprint density at radius 3 is 2.66 bits per heavy atom. The van der Waals surface area contributed by atoms with Gasteiger partial charge in [-0.3, -0.25) is 14.5 Å². The van der Waals surface area contributed by atoms with Crippen molar-refractivity contribution in [2.75, 3.05) is 0 Å². The first-order valence-electron chi connectivity index (χ1n) is 8.77. The number of hydrogen-bond donors (Lipinski definition) is 0. The third-order valence-electron chi connectivity index (χ3n) is 4.53. The first-order chi connectivity index (χ1) is 13.9. The molecule has 4 rings (SSSR count). The Labute approximate surface area is 182 Å². The van der Waals surface area contributed by atoms with Gasteiger partial charge in [-0.1, -0.05) is 47.5 Å². The van der Waals surface area contributed by atoms with Gasteiger partial charge in [-0.05, 0) is 60.1 Å². The largest absolute Gasteiger partial charge is 0.457 e. The second-order valence-electron chi connectivity index (χ2n) is 6.52. The van der Waals surface area contributed by atoms with E-state index in [0.29, 0.717) is 26.5 Å². The van der Waals surface area contributed by atoms with E-state index in [1.165, 1.54) is 4.90 Å². The van der Waals surface area contributed by atoms with Gasteiger partial charge in [0.2, 0.25) is 0 Å². The highest BCUT2D eigenvalue weighted by molar-refractivity contribution is 8.18. The summed E-state index contributed by atoms with van der Waals surface area (Å²) in [4.78, 5) is 26.6. The number of thioether (sulfide) groups is 1. The molecule has 2 amide bonds. The number of rotatable bonds is 4. The van der Waals surface area contributed by atoms with Gasteiger partial charge in [0.25, 0.3) is 11.1 Å². The second kappa shape index (κ2) is 8.11. The predicted molar refractivity (Wildman–Crippen MR) is 117 cm³/mol. The van der Waals surface area contributed by atoms with E-state index in [1.54, 1.807) is 30.3 Å². The van der Waals surface area contributed by atoms with Crippen molar-refractivity contribution in [2.24, 2.45) is 0 Å². The van der Waals surface area contributed by atoms with Gasteiger partial charge in [-0.2, -0.15) is 0 Å². The van der Waals surface area contributed by atoms with Crippen LogP contribution in [0.4, 0.5) is 4.79 Å². The van der Waals surface area contributed by atoms with Crippen LogP contribution in [0.25, 0.3) is 17.4 Å². The zero-order valence-corrected chi connectivity index (χ0v) is 17.6. The van der Waals surface area contributed by atoms with E-state index in [2.05, 4.69) is 0 Å². The van der Waals surface area contributed by atoms with E-state index >= 15 is 0 Å². The van der Waals surface area contributed by atoms with Crippen LogP contribution < -0.4 is 0 Å². The van der Waals surface area contributed by atoms with Crippen LogP contribution in [0.2, 0.25) is 10.0 Å². The molecule has 0 saturated carbocycles. The Balaban J connectivity index is 1.57. The summed E-state index contributed by atoms with van der Waals surface area (Å²) in [6, 6.07) is 16.3. The van der Waals surface area contributed by atoms with Gasteiger partial charge < -0.3 is 4.42 Å². The molecule has 1 aliphatic heterocycles. The van der Waals surface area contributed by atoms with Crippen LogP contribution in [-0.4, -0.2) is 16.0 Å². The summed E-state index contributed by atoms with van der Waals surface area (Å²) in [6.45, 7) is 2.10. The normalized spacial score (nSPS) is 15.6. The van der Waals surface area contributed by atoms with E-state index in [1.807, 2.05) is 37.3 Å². The van der Waals surface area contributed by atoms with E-state index in [9.17, 15) is 9.59 Å². The first-order valence-corrected chi connectivity index (χ1v) is 10.3. The second-order valence-corrected chi connectivity index (χ2v) is 8.36. The van der Waals surface area contributed by atoms with E-state index in [0.717, 1.165) is 28.5 Å². The van der Waals surface area contributed by atoms with E-state index in [4.69, 9.17) is 27.6 Å². The molecule has 0 N–H and O–H groups in total. The minimum Gasteiger partial charge on any atom is -0.457 e. The van der Waals surface area contributed by atoms with Crippen molar-refractivity contribution in [1.82, 2.24) is 4.90 Å². The lowest BCUT2D eigenvalue weighted by Gasteiger charge is -2.13. The van der Waals surface area contributed by atoms with Gasteiger partial charge in [0, 0.05) is 21.7 Å². The van der Waals surface area contributed by atoms with Crippen molar-refractivity contribution in [3.63, 3.8) is 0 Å². The van der Waals surface area contributed by atoms with Crippen LogP contribution in [0.1, 0.15) is 16.9 Å². The number of imide groups is 1. The zero-order chi connectivity index (χ0) is 20.5. The molecular weight excluding hydrogens is 429 g/mol. The van der Waals surface area contributed by atoms with Crippen LogP contribution in [0.15, 0.2) is 63.9 Å². The maximum Gasteiger partial charge on any atom is 0.293 e. The number of hydrogen-bond acceptors (Lipinski definition) is 4. The van der Waals surface area contributed by atoms with Crippen molar-refractivity contribution in [3.8, 4) is 11.3 Å². The maximum absolute atomic E-state index is 12.7. The van der Waals surface area contributed by atoms with E-state index < -0.39 is 0 Å². The molecule has 29 heavy (non-hydrogen) atoms. The quantitative estimate of drug-likeness (QED) is 0.416. The topological polar surface area (TPSA) is 50.5 Å². The summed E-state index contributed by atoms with van der Waals surface area (Å²) in [5, 5.41) is 0.797. The molecular formula is C22H15Cl2NO3S. The Morgan fingerprint density at radius 2 is 1.86 bits per heavy atom. The molecule has 4 nitrogen and oxygen atoms in total. The highest BCUT2D eigenvalue weighted by Gasteiger charge is 2.35. The summed E-state index contributed by atoms with van der Waals surface area (Å²) in [6.07, 6.45) is 1.58. The number of halogens is 2. The molecule has 0 atom stereocenters. The molecule has 146 valence electrons. The number of amides is 2. The van der Waals surface area contributed by atoms with Crippen LogP contribution in [0.5, 0.6) is 0 Å². The number of nitrogens with zero attached hydrogens (tertiary/aromatic N) is 1. The van der Waals surface area contributed by atoms with Gasteiger partial charge in [0.15, 0.2) is 0 Å². The lowest BCUT2D eigenvalue weighted by atomic mass is 10.1. The molecule has 0 aliphatic carbocycles. The monoisotopic (exact) mass is 443 g/mol. The fourth-order valence-electron chi connectivity index (χ4n) is 3.00. The van der Waals surface area contributed by atoms with Crippen LogP contribution in [-0.2, 0) is 11.3 Å². The molecule has 3 aromatic rings. The molecule has 1 fully saturated rings. The van der Waals surface area contributed by atoms with Crippen molar-refractivity contribution in [3.05, 3.63) is 86.4 Å². The minimum absolute atomic E-state index is 0.132. The molecule has 0 spiro atoms. The lowest BCUT2D eigenvalue weighted by molar-refractivity contribution is -0.123. The Morgan fingerprint density at radius 1 is 1.07 bits per heavy atom. The molecule has 2 heterocycles.